The Hall–Kier alpha value is -3.24. The summed E-state index contributed by atoms with van der Waals surface area (Å²) in [6.07, 6.45) is -11.7. The lowest BCUT2D eigenvalue weighted by Gasteiger charge is -2.43. The first-order valence-electron chi connectivity index (χ1n) is 10.2. The fraction of sp³-hybridized carbons (Fsp3) is 0.391. The van der Waals surface area contributed by atoms with Crippen LogP contribution >= 0.6 is 0 Å². The van der Waals surface area contributed by atoms with Crippen molar-refractivity contribution >= 4 is 11.7 Å². The Bertz CT molecular complexity index is 1060. The van der Waals surface area contributed by atoms with Gasteiger partial charge in [0.15, 0.2) is 5.78 Å². The number of amides is 1. The van der Waals surface area contributed by atoms with Gasteiger partial charge in [-0.15, -0.1) is 0 Å². The van der Waals surface area contributed by atoms with Crippen LogP contribution < -0.4 is 10.6 Å². The van der Waals surface area contributed by atoms with Gasteiger partial charge in [0.2, 0.25) is 0 Å². The quantitative estimate of drug-likeness (QED) is 0.541. The first-order valence-corrected chi connectivity index (χ1v) is 10.2. The van der Waals surface area contributed by atoms with E-state index in [1.807, 2.05) is 0 Å². The van der Waals surface area contributed by atoms with E-state index in [4.69, 9.17) is 4.42 Å². The van der Waals surface area contributed by atoms with E-state index in [0.717, 1.165) is 17.4 Å². The van der Waals surface area contributed by atoms with Crippen molar-refractivity contribution in [3.8, 4) is 0 Å². The van der Waals surface area contributed by atoms with Crippen molar-refractivity contribution in [3.05, 3.63) is 71.3 Å². The Morgan fingerprint density at radius 2 is 1.59 bits per heavy atom. The van der Waals surface area contributed by atoms with E-state index in [-0.39, 0.29) is 18.7 Å². The Morgan fingerprint density at radius 3 is 2.12 bits per heavy atom. The normalized spacial score (nSPS) is 17.0. The van der Waals surface area contributed by atoms with Crippen LogP contribution in [0.1, 0.15) is 42.8 Å². The average Bonchev–Trinajstić information content (AvgIpc) is 3.22. The summed E-state index contributed by atoms with van der Waals surface area (Å²) >= 11 is 0. The van der Waals surface area contributed by atoms with Gasteiger partial charge >= 0.3 is 12.4 Å². The number of hydrogen-bond acceptors (Lipinski definition) is 4. The molecule has 0 atom stereocenters. The number of carbonyl (C=O) groups excluding carboxylic acids is 2. The summed E-state index contributed by atoms with van der Waals surface area (Å²) in [6.45, 7) is 2.86. The zero-order valence-electron chi connectivity index (χ0n) is 18.2. The van der Waals surface area contributed by atoms with Gasteiger partial charge in [0.1, 0.15) is 5.76 Å². The molecule has 1 aromatic carbocycles. The fourth-order valence-corrected chi connectivity index (χ4v) is 3.99. The second-order valence-corrected chi connectivity index (χ2v) is 8.79. The Labute approximate surface area is 191 Å². The molecule has 11 heteroatoms. The van der Waals surface area contributed by atoms with Crippen LogP contribution in [0.3, 0.4) is 0 Å². The van der Waals surface area contributed by atoms with E-state index in [1.165, 1.54) is 36.6 Å². The minimum Gasteiger partial charge on any atom is -0.467 e. The van der Waals surface area contributed by atoms with Crippen molar-refractivity contribution < 1.29 is 40.3 Å². The van der Waals surface area contributed by atoms with Gasteiger partial charge in [0, 0.05) is 17.7 Å². The van der Waals surface area contributed by atoms with Crippen LogP contribution in [-0.4, -0.2) is 29.6 Å². The van der Waals surface area contributed by atoms with Crippen molar-refractivity contribution in [1.82, 2.24) is 10.6 Å². The van der Waals surface area contributed by atoms with Crippen LogP contribution in [-0.2, 0) is 11.3 Å². The third kappa shape index (κ3) is 4.83. The van der Waals surface area contributed by atoms with Gasteiger partial charge in [0.25, 0.3) is 11.4 Å². The molecule has 34 heavy (non-hydrogen) atoms. The third-order valence-electron chi connectivity index (χ3n) is 5.49. The molecule has 1 aromatic heterocycles. The van der Waals surface area contributed by atoms with Crippen LogP contribution in [0, 0.1) is 5.41 Å². The number of furan rings is 1. The molecule has 0 aliphatic heterocycles. The second-order valence-electron chi connectivity index (χ2n) is 8.79. The molecule has 0 spiro atoms. The average molecular weight is 488 g/mol. The largest absolute Gasteiger partial charge is 0.467 e. The highest BCUT2D eigenvalue weighted by molar-refractivity contribution is 6.02. The Balaban J connectivity index is 2.23. The molecular formula is C23H22F6N2O3. The van der Waals surface area contributed by atoms with Gasteiger partial charge in [-0.25, -0.2) is 0 Å². The Kier molecular flexibility index (Phi) is 6.60. The first kappa shape index (κ1) is 25.4. The Morgan fingerprint density at radius 1 is 0.971 bits per heavy atom. The SMILES string of the molecule is CC1(C)CC(=O)C(C(NC(=O)c2ccccc2)(C(F)(F)F)C(F)(F)F)=C(NCc2ccco2)C1. The van der Waals surface area contributed by atoms with Gasteiger partial charge in [-0.2, -0.15) is 26.3 Å². The maximum absolute atomic E-state index is 14.4. The smallest absolute Gasteiger partial charge is 0.425 e. The number of allylic oxidation sites excluding steroid dienone is 1. The summed E-state index contributed by atoms with van der Waals surface area (Å²) in [5.74, 6) is -2.74. The summed E-state index contributed by atoms with van der Waals surface area (Å²) in [6, 6.07) is 9.15. The van der Waals surface area contributed by atoms with Crippen molar-refractivity contribution in [3.63, 3.8) is 0 Å². The number of Topliss-reactive ketones (excluding diaryl/α,β-unsaturated/α-hetero) is 1. The predicted octanol–water partition coefficient (Wildman–Crippen LogP) is 5.31. The summed E-state index contributed by atoms with van der Waals surface area (Å²) in [5.41, 5.74) is -8.39. The van der Waals surface area contributed by atoms with Crippen LogP contribution in [0.25, 0.3) is 0 Å². The highest BCUT2D eigenvalue weighted by atomic mass is 19.4. The second kappa shape index (κ2) is 8.84. The molecule has 0 saturated carbocycles. The lowest BCUT2D eigenvalue weighted by molar-refractivity contribution is -0.290. The van der Waals surface area contributed by atoms with Crippen molar-refractivity contribution in [2.75, 3.05) is 0 Å². The molecule has 0 radical (unpaired) electrons. The summed E-state index contributed by atoms with van der Waals surface area (Å²) in [4.78, 5) is 25.6. The molecule has 1 heterocycles. The van der Waals surface area contributed by atoms with E-state index in [1.54, 1.807) is 13.8 Å². The molecule has 1 aliphatic carbocycles. The zero-order valence-corrected chi connectivity index (χ0v) is 18.2. The summed E-state index contributed by atoms with van der Waals surface area (Å²) in [7, 11) is 0. The maximum atomic E-state index is 14.4. The van der Waals surface area contributed by atoms with Crippen LogP contribution in [0.5, 0.6) is 0 Å². The molecule has 3 rings (SSSR count). The van der Waals surface area contributed by atoms with E-state index < -0.39 is 58.3 Å². The van der Waals surface area contributed by atoms with Gasteiger partial charge in [-0.1, -0.05) is 32.0 Å². The molecule has 1 amide bonds. The molecule has 5 nitrogen and oxygen atoms in total. The lowest BCUT2D eigenvalue weighted by Crippen LogP contribution is -2.70. The number of nitrogens with one attached hydrogen (secondary N) is 2. The molecular weight excluding hydrogens is 466 g/mol. The van der Waals surface area contributed by atoms with Crippen LogP contribution in [0.15, 0.2) is 64.4 Å². The zero-order chi connectivity index (χ0) is 25.4. The number of rotatable bonds is 6. The summed E-state index contributed by atoms with van der Waals surface area (Å²) < 4.78 is 91.6. The minimum atomic E-state index is -6.08. The molecule has 184 valence electrons. The number of carbonyl (C=O) groups is 2. The molecule has 0 saturated heterocycles. The third-order valence-corrected chi connectivity index (χ3v) is 5.49. The molecule has 0 unspecified atom stereocenters. The lowest BCUT2D eigenvalue weighted by atomic mass is 9.70. The minimum absolute atomic E-state index is 0.237. The van der Waals surface area contributed by atoms with E-state index in [2.05, 4.69) is 5.32 Å². The van der Waals surface area contributed by atoms with Gasteiger partial charge in [-0.3, -0.25) is 9.59 Å². The maximum Gasteiger partial charge on any atom is 0.425 e. The standard InChI is InChI=1S/C23H22F6N2O3/c1-20(2)11-16(30-13-15-9-6-10-34-15)18(17(32)12-20)21(22(24,25)26,23(27,28)29)31-19(33)14-7-4-3-5-8-14/h3-10,30H,11-13H2,1-2H3,(H,31,33). The summed E-state index contributed by atoms with van der Waals surface area (Å²) in [5, 5.41) is 3.68. The number of hydrogen-bond donors (Lipinski definition) is 2. The van der Waals surface area contributed by atoms with Crippen molar-refractivity contribution in [2.45, 2.75) is 51.1 Å². The van der Waals surface area contributed by atoms with E-state index >= 15 is 0 Å². The molecule has 0 bridgehead atoms. The first-order chi connectivity index (χ1) is 15.7. The molecule has 2 aromatic rings. The molecule has 0 fully saturated rings. The van der Waals surface area contributed by atoms with Crippen LogP contribution in [0.4, 0.5) is 26.3 Å². The topological polar surface area (TPSA) is 71.3 Å². The monoisotopic (exact) mass is 488 g/mol. The number of halogens is 6. The highest BCUT2D eigenvalue weighted by Gasteiger charge is 2.75. The van der Waals surface area contributed by atoms with Crippen LogP contribution in [0.2, 0.25) is 0 Å². The van der Waals surface area contributed by atoms with Crippen molar-refractivity contribution in [1.29, 1.82) is 0 Å². The van der Waals surface area contributed by atoms with E-state index in [0.29, 0.717) is 0 Å². The van der Waals surface area contributed by atoms with Crippen molar-refractivity contribution in [2.24, 2.45) is 5.41 Å². The van der Waals surface area contributed by atoms with E-state index in [9.17, 15) is 35.9 Å². The number of ketones is 1. The van der Waals surface area contributed by atoms with Gasteiger partial charge in [-0.05, 0) is 36.1 Å². The fourth-order valence-electron chi connectivity index (χ4n) is 3.99. The predicted molar refractivity (Wildman–Crippen MR) is 109 cm³/mol. The number of benzene rings is 1. The van der Waals surface area contributed by atoms with Gasteiger partial charge in [0.05, 0.1) is 18.4 Å². The van der Waals surface area contributed by atoms with Gasteiger partial charge < -0.3 is 15.1 Å². The molecule has 2 N–H and O–H groups in total. The number of alkyl halides is 6. The highest BCUT2D eigenvalue weighted by Crippen LogP contribution is 2.52. The molecule has 1 aliphatic rings.